The molecule has 0 amide bonds. The summed E-state index contributed by atoms with van der Waals surface area (Å²) in [7, 11) is 1.66. The van der Waals surface area contributed by atoms with E-state index in [4.69, 9.17) is 21.3 Å². The van der Waals surface area contributed by atoms with Crippen LogP contribution in [0.5, 0.6) is 5.75 Å². The largest absolute Gasteiger partial charge is 0.496 e. The van der Waals surface area contributed by atoms with Gasteiger partial charge >= 0.3 is 0 Å². The third kappa shape index (κ3) is 3.64. The first-order valence-corrected chi connectivity index (χ1v) is 12.5. The fraction of sp³-hybridized carbons (Fsp3) is 0.360. The fourth-order valence-corrected chi connectivity index (χ4v) is 6.04. The monoisotopic (exact) mass is 467 g/mol. The van der Waals surface area contributed by atoms with Crippen molar-refractivity contribution in [3.05, 3.63) is 65.3 Å². The van der Waals surface area contributed by atoms with Crippen LogP contribution in [0, 0.1) is 0 Å². The zero-order valence-electron chi connectivity index (χ0n) is 18.2. The van der Waals surface area contributed by atoms with Gasteiger partial charge in [-0.25, -0.2) is 9.97 Å². The minimum absolute atomic E-state index is 0.159. The number of hydrogen-bond donors (Lipinski definition) is 1. The summed E-state index contributed by atoms with van der Waals surface area (Å²) >= 11 is 8.21. The maximum Gasteiger partial charge on any atom is 0.190 e. The van der Waals surface area contributed by atoms with Crippen molar-refractivity contribution in [3.63, 3.8) is 0 Å². The lowest BCUT2D eigenvalue weighted by Gasteiger charge is -2.45. The van der Waals surface area contributed by atoms with Crippen LogP contribution in [0.15, 0.2) is 59.8 Å². The second kappa shape index (κ2) is 8.58. The average Bonchev–Trinajstić information content (AvgIpc) is 3.10. The number of piperidine rings is 1. The van der Waals surface area contributed by atoms with Gasteiger partial charge in [-0.2, -0.15) is 0 Å². The summed E-state index contributed by atoms with van der Waals surface area (Å²) in [6.45, 7) is 0. The first kappa shape index (κ1) is 21.6. The van der Waals surface area contributed by atoms with Gasteiger partial charge in [0.2, 0.25) is 0 Å². The van der Waals surface area contributed by atoms with E-state index in [1.54, 1.807) is 7.11 Å². The molecule has 2 aliphatic rings. The van der Waals surface area contributed by atoms with Crippen molar-refractivity contribution >= 4 is 29.2 Å². The number of nitrogens with zero attached hydrogens (tertiary/aromatic N) is 3. The van der Waals surface area contributed by atoms with Gasteiger partial charge in [0, 0.05) is 30.5 Å². The second-order valence-corrected chi connectivity index (χ2v) is 9.63. The van der Waals surface area contributed by atoms with Gasteiger partial charge in [-0.05, 0) is 30.7 Å². The molecule has 32 heavy (non-hydrogen) atoms. The highest BCUT2D eigenvalue weighted by atomic mass is 35.5. The van der Waals surface area contributed by atoms with Crippen molar-refractivity contribution in [2.24, 2.45) is 0 Å². The number of methoxy groups -OCH3 is 1. The highest BCUT2D eigenvalue weighted by Crippen LogP contribution is 2.51. The van der Waals surface area contributed by atoms with Crippen LogP contribution in [-0.4, -0.2) is 40.5 Å². The van der Waals surface area contributed by atoms with E-state index in [1.165, 1.54) is 11.8 Å². The van der Waals surface area contributed by atoms with Crippen LogP contribution < -0.4 is 9.64 Å². The Bertz CT molecular complexity index is 1110. The van der Waals surface area contributed by atoms with Crippen molar-refractivity contribution in [3.8, 4) is 16.9 Å². The number of aliphatic hydroxyl groups is 1. The van der Waals surface area contributed by atoms with Crippen molar-refractivity contribution in [2.45, 2.75) is 48.5 Å². The maximum atomic E-state index is 11.8. The molecule has 2 fully saturated rings. The molecule has 3 heterocycles. The quantitative estimate of drug-likeness (QED) is 0.302. The van der Waals surface area contributed by atoms with Crippen LogP contribution in [0.25, 0.3) is 11.1 Å². The minimum atomic E-state index is -0.930. The number of para-hydroxylation sites is 1. The molecular formula is C25H26ClN3O2S. The van der Waals surface area contributed by atoms with Crippen LogP contribution in [0.3, 0.4) is 0 Å². The first-order valence-electron chi connectivity index (χ1n) is 10.8. The summed E-state index contributed by atoms with van der Waals surface area (Å²) in [5, 5.41) is 12.9. The maximum absolute atomic E-state index is 11.8. The minimum Gasteiger partial charge on any atom is -0.496 e. The molecule has 5 nitrogen and oxygen atoms in total. The Morgan fingerprint density at radius 3 is 2.34 bits per heavy atom. The Hall–Kier alpha value is -2.28. The summed E-state index contributed by atoms with van der Waals surface area (Å²) in [6.07, 6.45) is 5.21. The van der Waals surface area contributed by atoms with Crippen LogP contribution >= 0.6 is 23.4 Å². The molecule has 1 aromatic heterocycles. The number of benzene rings is 2. The predicted octanol–water partition coefficient (Wildman–Crippen LogP) is 5.55. The van der Waals surface area contributed by atoms with E-state index >= 15 is 0 Å². The van der Waals surface area contributed by atoms with Crippen LogP contribution in [0.4, 0.5) is 5.82 Å². The number of ether oxygens (including phenoxy) is 1. The van der Waals surface area contributed by atoms with Crippen molar-refractivity contribution < 1.29 is 9.84 Å². The number of anilines is 1. The van der Waals surface area contributed by atoms with E-state index < -0.39 is 5.60 Å². The van der Waals surface area contributed by atoms with Gasteiger partial charge in [0.15, 0.2) is 5.16 Å². The van der Waals surface area contributed by atoms with Gasteiger partial charge in [0.1, 0.15) is 16.7 Å². The highest BCUT2D eigenvalue weighted by molar-refractivity contribution is 7.98. The Balaban J connectivity index is 1.58. The molecule has 7 heteroatoms. The number of rotatable bonds is 5. The van der Waals surface area contributed by atoms with E-state index in [2.05, 4.69) is 9.88 Å². The van der Waals surface area contributed by atoms with Gasteiger partial charge in [0.25, 0.3) is 0 Å². The molecule has 0 spiro atoms. The molecule has 1 N–H and O–H groups in total. The van der Waals surface area contributed by atoms with Gasteiger partial charge in [-0.1, -0.05) is 71.9 Å². The van der Waals surface area contributed by atoms with Crippen LogP contribution in [0.2, 0.25) is 5.15 Å². The molecule has 3 aromatic rings. The smallest absolute Gasteiger partial charge is 0.190 e. The molecule has 0 aliphatic carbocycles. The Morgan fingerprint density at radius 1 is 1.03 bits per heavy atom. The van der Waals surface area contributed by atoms with E-state index in [0.29, 0.717) is 23.2 Å². The molecule has 2 bridgehead atoms. The lowest BCUT2D eigenvalue weighted by molar-refractivity contribution is -0.00508. The fourth-order valence-electron chi connectivity index (χ4n) is 5.35. The van der Waals surface area contributed by atoms with E-state index in [1.807, 2.05) is 60.9 Å². The predicted molar refractivity (Wildman–Crippen MR) is 130 cm³/mol. The standard InChI is InChI=1S/C25H26ClN3O2S/c1-31-20-11-7-6-10-19(20)25(30)14-17-12-13-18(15-25)29(17)23-21(16-8-4-3-5-9-16)22(26)27-24(28-23)32-2/h3-11,17-18,30H,12-15H2,1-2H3/t17-,18+,25?. The zero-order chi connectivity index (χ0) is 22.3. The molecule has 2 aliphatic heterocycles. The third-order valence-electron chi connectivity index (χ3n) is 6.69. The number of thioether (sulfide) groups is 1. The normalized spacial score (nSPS) is 24.6. The number of aromatic nitrogens is 2. The Kier molecular flexibility index (Phi) is 5.78. The average molecular weight is 468 g/mol. The van der Waals surface area contributed by atoms with E-state index in [0.717, 1.165) is 41.1 Å². The van der Waals surface area contributed by atoms with Gasteiger partial charge < -0.3 is 14.7 Å². The SMILES string of the molecule is COc1ccccc1C1(O)C[C@H]2CC[C@@H](C1)N2c1nc(SC)nc(Cl)c1-c1ccccc1. The molecule has 2 aromatic carbocycles. The molecule has 0 radical (unpaired) electrons. The molecule has 0 saturated carbocycles. The van der Waals surface area contributed by atoms with Crippen LogP contribution in [-0.2, 0) is 5.60 Å². The molecule has 166 valence electrons. The van der Waals surface area contributed by atoms with Crippen molar-refractivity contribution in [1.29, 1.82) is 0 Å². The van der Waals surface area contributed by atoms with Gasteiger partial charge in [0.05, 0.1) is 18.3 Å². The van der Waals surface area contributed by atoms with Crippen molar-refractivity contribution in [1.82, 2.24) is 9.97 Å². The molecule has 3 atom stereocenters. The summed E-state index contributed by atoms with van der Waals surface area (Å²) in [6, 6.07) is 18.2. The number of fused-ring (bicyclic) bond motifs is 2. The summed E-state index contributed by atoms with van der Waals surface area (Å²) < 4.78 is 5.57. The molecule has 5 rings (SSSR count). The third-order valence-corrected chi connectivity index (χ3v) is 7.51. The highest BCUT2D eigenvalue weighted by Gasteiger charge is 2.50. The van der Waals surface area contributed by atoms with Gasteiger partial charge in [-0.15, -0.1) is 0 Å². The summed E-state index contributed by atoms with van der Waals surface area (Å²) in [4.78, 5) is 11.8. The number of hydrogen-bond acceptors (Lipinski definition) is 6. The molecule has 1 unspecified atom stereocenters. The summed E-state index contributed by atoms with van der Waals surface area (Å²) in [5.41, 5.74) is 1.81. The van der Waals surface area contributed by atoms with Crippen LogP contribution in [0.1, 0.15) is 31.2 Å². The Labute approximate surface area is 197 Å². The second-order valence-electron chi connectivity index (χ2n) is 8.50. The lowest BCUT2D eigenvalue weighted by atomic mass is 9.80. The molecular weight excluding hydrogens is 442 g/mol. The first-order chi connectivity index (χ1) is 15.5. The van der Waals surface area contributed by atoms with E-state index in [-0.39, 0.29) is 12.1 Å². The van der Waals surface area contributed by atoms with E-state index in [9.17, 15) is 5.11 Å². The Morgan fingerprint density at radius 2 is 1.69 bits per heavy atom. The summed E-state index contributed by atoms with van der Waals surface area (Å²) in [5.74, 6) is 1.61. The topological polar surface area (TPSA) is 58.5 Å². The lowest BCUT2D eigenvalue weighted by Crippen LogP contribution is -2.50. The number of halogens is 1. The van der Waals surface area contributed by atoms with Gasteiger partial charge in [-0.3, -0.25) is 0 Å². The van der Waals surface area contributed by atoms with Crippen molar-refractivity contribution in [2.75, 3.05) is 18.3 Å². The zero-order valence-corrected chi connectivity index (χ0v) is 19.7. The molecule has 2 saturated heterocycles.